The quantitative estimate of drug-likeness (QED) is 0.526. The highest BCUT2D eigenvalue weighted by Gasteiger charge is 2.26. The third-order valence-electron chi connectivity index (χ3n) is 2.92. The molecule has 0 amide bonds. The second-order valence-electron chi connectivity index (χ2n) is 4.17. The predicted molar refractivity (Wildman–Crippen MR) is 59.8 cm³/mol. The van der Waals surface area contributed by atoms with Crippen molar-refractivity contribution in [3.8, 4) is 0 Å². The number of hydrogen-bond acceptors (Lipinski definition) is 0. The first-order valence-corrected chi connectivity index (χ1v) is 5.64. The Bertz CT molecular complexity index is 198. The van der Waals surface area contributed by atoms with E-state index < -0.39 is 0 Å². The van der Waals surface area contributed by atoms with Gasteiger partial charge in [0, 0.05) is 0 Å². The van der Waals surface area contributed by atoms with Crippen molar-refractivity contribution >= 4 is 0 Å². The summed E-state index contributed by atoms with van der Waals surface area (Å²) in [5, 5.41) is 0. The normalized spacial score (nSPS) is 24.3. The van der Waals surface area contributed by atoms with Gasteiger partial charge in [0.1, 0.15) is 0 Å². The van der Waals surface area contributed by atoms with Crippen LogP contribution in [-0.2, 0) is 0 Å². The van der Waals surface area contributed by atoms with E-state index >= 15 is 0 Å². The molecule has 1 aliphatic rings. The third-order valence-corrected chi connectivity index (χ3v) is 2.92. The fraction of sp³-hybridized carbons (Fsp3) is 0.692. The molecule has 74 valence electrons. The lowest BCUT2D eigenvalue weighted by Crippen LogP contribution is -1.81. The van der Waals surface area contributed by atoms with Crippen molar-refractivity contribution in [2.45, 2.75) is 52.4 Å². The van der Waals surface area contributed by atoms with Gasteiger partial charge in [-0.1, -0.05) is 51.3 Å². The molecule has 1 rings (SSSR count). The molecule has 0 heteroatoms. The molecule has 0 heterocycles. The van der Waals surface area contributed by atoms with Crippen LogP contribution in [0.5, 0.6) is 0 Å². The zero-order chi connectivity index (χ0) is 9.68. The number of hydrogen-bond donors (Lipinski definition) is 0. The van der Waals surface area contributed by atoms with Crippen LogP contribution in [0.15, 0.2) is 23.8 Å². The molecule has 0 aliphatic heterocycles. The highest BCUT2D eigenvalue weighted by atomic mass is 14.3. The van der Waals surface area contributed by atoms with Gasteiger partial charge >= 0.3 is 0 Å². The van der Waals surface area contributed by atoms with Crippen molar-refractivity contribution in [1.82, 2.24) is 0 Å². The maximum Gasteiger partial charge on any atom is -0.0188 e. The molecule has 0 aromatic heterocycles. The van der Waals surface area contributed by atoms with E-state index in [4.69, 9.17) is 0 Å². The van der Waals surface area contributed by atoms with Crippen LogP contribution in [0.2, 0.25) is 0 Å². The standard InChI is InChI=1S/C13H22/c1-4-6-7-8-9-12(5-2)13-10-11(13)3/h5,11H,2,4,6-10H2,1,3H3. The maximum atomic E-state index is 3.90. The van der Waals surface area contributed by atoms with Crippen molar-refractivity contribution in [2.75, 3.05) is 0 Å². The number of unbranched alkanes of at least 4 members (excludes halogenated alkanes) is 3. The van der Waals surface area contributed by atoms with Crippen molar-refractivity contribution < 1.29 is 0 Å². The van der Waals surface area contributed by atoms with Crippen LogP contribution in [-0.4, -0.2) is 0 Å². The van der Waals surface area contributed by atoms with Crippen molar-refractivity contribution in [1.29, 1.82) is 0 Å². The van der Waals surface area contributed by atoms with Crippen molar-refractivity contribution in [2.24, 2.45) is 5.92 Å². The van der Waals surface area contributed by atoms with Crippen LogP contribution in [0.1, 0.15) is 52.4 Å². The minimum Gasteiger partial charge on any atom is -0.0988 e. The summed E-state index contributed by atoms with van der Waals surface area (Å²) >= 11 is 0. The summed E-state index contributed by atoms with van der Waals surface area (Å²) in [4.78, 5) is 0. The Morgan fingerprint density at radius 3 is 2.62 bits per heavy atom. The van der Waals surface area contributed by atoms with Crippen LogP contribution in [0.4, 0.5) is 0 Å². The zero-order valence-corrected chi connectivity index (χ0v) is 9.10. The average molecular weight is 178 g/mol. The van der Waals surface area contributed by atoms with E-state index in [0.29, 0.717) is 0 Å². The largest absolute Gasteiger partial charge is 0.0988 e. The topological polar surface area (TPSA) is 0 Å². The molecule has 0 radical (unpaired) electrons. The Labute approximate surface area is 82.7 Å². The smallest absolute Gasteiger partial charge is 0.0188 e. The minimum atomic E-state index is 0.860. The molecule has 1 unspecified atom stereocenters. The van der Waals surface area contributed by atoms with Crippen LogP contribution in [0.3, 0.4) is 0 Å². The van der Waals surface area contributed by atoms with Gasteiger partial charge < -0.3 is 0 Å². The zero-order valence-electron chi connectivity index (χ0n) is 9.10. The molecule has 1 aliphatic carbocycles. The molecule has 0 N–H and O–H groups in total. The van der Waals surface area contributed by atoms with E-state index in [9.17, 15) is 0 Å². The summed E-state index contributed by atoms with van der Waals surface area (Å²) < 4.78 is 0. The van der Waals surface area contributed by atoms with Gasteiger partial charge in [0.05, 0.1) is 0 Å². The molecule has 13 heavy (non-hydrogen) atoms. The Balaban J connectivity index is 2.22. The monoisotopic (exact) mass is 178 g/mol. The Hall–Kier alpha value is -0.520. The first-order valence-electron chi connectivity index (χ1n) is 5.64. The van der Waals surface area contributed by atoms with E-state index in [1.807, 2.05) is 0 Å². The van der Waals surface area contributed by atoms with Gasteiger partial charge in [0.2, 0.25) is 0 Å². The lowest BCUT2D eigenvalue weighted by molar-refractivity contribution is 0.667. The molecule has 1 fully saturated rings. The van der Waals surface area contributed by atoms with Crippen LogP contribution >= 0.6 is 0 Å². The average Bonchev–Trinajstić information content (AvgIpc) is 2.83. The van der Waals surface area contributed by atoms with Crippen LogP contribution in [0.25, 0.3) is 0 Å². The van der Waals surface area contributed by atoms with Gasteiger partial charge in [-0.2, -0.15) is 0 Å². The molecule has 0 aromatic carbocycles. The number of rotatable bonds is 6. The third kappa shape index (κ3) is 3.38. The highest BCUT2D eigenvalue weighted by molar-refractivity contribution is 5.35. The summed E-state index contributed by atoms with van der Waals surface area (Å²) in [6, 6.07) is 0. The van der Waals surface area contributed by atoms with Gasteiger partial charge in [0.15, 0.2) is 0 Å². The maximum absolute atomic E-state index is 3.90. The van der Waals surface area contributed by atoms with Gasteiger partial charge in [-0.15, -0.1) is 0 Å². The predicted octanol–water partition coefficient (Wildman–Crippen LogP) is 4.48. The summed E-state index contributed by atoms with van der Waals surface area (Å²) in [5.74, 6) is 0.860. The van der Waals surface area contributed by atoms with E-state index in [1.54, 1.807) is 11.1 Å². The molecule has 0 aromatic rings. The molecule has 0 spiro atoms. The molecule has 1 atom stereocenters. The fourth-order valence-electron chi connectivity index (χ4n) is 1.85. The van der Waals surface area contributed by atoms with Crippen LogP contribution < -0.4 is 0 Å². The minimum absolute atomic E-state index is 0.860. The lowest BCUT2D eigenvalue weighted by Gasteiger charge is -2.01. The van der Waals surface area contributed by atoms with Gasteiger partial charge in [0.25, 0.3) is 0 Å². The van der Waals surface area contributed by atoms with E-state index in [0.717, 1.165) is 5.92 Å². The van der Waals surface area contributed by atoms with E-state index in [2.05, 4.69) is 26.5 Å². The van der Waals surface area contributed by atoms with Gasteiger partial charge in [-0.3, -0.25) is 0 Å². The Morgan fingerprint density at radius 2 is 2.15 bits per heavy atom. The molecule has 0 bridgehead atoms. The SMILES string of the molecule is C=CC(CCCCCC)=C1CC1C. The van der Waals surface area contributed by atoms with Gasteiger partial charge in [-0.25, -0.2) is 0 Å². The van der Waals surface area contributed by atoms with Crippen LogP contribution in [0, 0.1) is 5.92 Å². The van der Waals surface area contributed by atoms with Crippen molar-refractivity contribution in [3.05, 3.63) is 23.8 Å². The molecule has 0 nitrogen and oxygen atoms in total. The highest BCUT2D eigenvalue weighted by Crippen LogP contribution is 2.41. The first-order chi connectivity index (χ1) is 6.29. The van der Waals surface area contributed by atoms with Crippen molar-refractivity contribution in [3.63, 3.8) is 0 Å². The molecular weight excluding hydrogens is 156 g/mol. The second kappa shape index (κ2) is 5.26. The van der Waals surface area contributed by atoms with Gasteiger partial charge in [-0.05, 0) is 30.8 Å². The Morgan fingerprint density at radius 1 is 1.46 bits per heavy atom. The molecule has 0 saturated heterocycles. The second-order valence-corrected chi connectivity index (χ2v) is 4.17. The number of allylic oxidation sites excluding steroid dienone is 3. The fourth-order valence-corrected chi connectivity index (χ4v) is 1.85. The summed E-state index contributed by atoms with van der Waals surface area (Å²) in [6.07, 6.45) is 10.1. The summed E-state index contributed by atoms with van der Waals surface area (Å²) in [6.45, 7) is 8.47. The summed E-state index contributed by atoms with van der Waals surface area (Å²) in [7, 11) is 0. The first kappa shape index (κ1) is 10.6. The molecule has 1 saturated carbocycles. The van der Waals surface area contributed by atoms with E-state index in [-0.39, 0.29) is 0 Å². The molecular formula is C13H22. The Kier molecular flexibility index (Phi) is 4.27. The summed E-state index contributed by atoms with van der Waals surface area (Å²) in [5.41, 5.74) is 3.22. The lowest BCUT2D eigenvalue weighted by atomic mass is 10.1. The van der Waals surface area contributed by atoms with E-state index in [1.165, 1.54) is 38.5 Å².